The van der Waals surface area contributed by atoms with E-state index in [-0.39, 0.29) is 0 Å². The molecule has 0 fully saturated rings. The average molecular weight is 407 g/mol. The molecule has 0 radical (unpaired) electrons. The molecule has 2 N–H and O–H groups in total. The van der Waals surface area contributed by atoms with Gasteiger partial charge in [-0.25, -0.2) is 4.99 Å². The highest BCUT2D eigenvalue weighted by Gasteiger charge is 2.07. The van der Waals surface area contributed by atoms with E-state index in [1.165, 1.54) is 16.7 Å². The van der Waals surface area contributed by atoms with E-state index in [9.17, 15) is 0 Å². The maximum absolute atomic E-state index is 5.22. The second-order valence-corrected chi connectivity index (χ2v) is 7.19. The summed E-state index contributed by atoms with van der Waals surface area (Å²) >= 11 is 0. The molecule has 0 saturated heterocycles. The van der Waals surface area contributed by atoms with Crippen molar-refractivity contribution in [1.29, 1.82) is 0 Å². The van der Waals surface area contributed by atoms with Crippen LogP contribution in [-0.4, -0.2) is 34.4 Å². The first-order chi connectivity index (χ1) is 14.6. The van der Waals surface area contributed by atoms with Crippen LogP contribution in [0.5, 0.6) is 5.75 Å². The first-order valence-corrected chi connectivity index (χ1v) is 10.1. The number of hydrogen-bond acceptors (Lipinski definition) is 4. The van der Waals surface area contributed by atoms with Gasteiger partial charge in [0.2, 0.25) is 0 Å². The number of nitrogens with zero attached hydrogens (tertiary/aromatic N) is 4. The highest BCUT2D eigenvalue weighted by atomic mass is 16.5. The van der Waals surface area contributed by atoms with Crippen molar-refractivity contribution >= 4 is 5.96 Å². The normalized spacial score (nSPS) is 11.4. The fourth-order valence-corrected chi connectivity index (χ4v) is 3.01. The van der Waals surface area contributed by atoms with Gasteiger partial charge in [-0.15, -0.1) is 10.2 Å². The first-order valence-electron chi connectivity index (χ1n) is 10.1. The number of rotatable bonds is 8. The number of benzene rings is 2. The molecule has 0 aliphatic rings. The summed E-state index contributed by atoms with van der Waals surface area (Å²) in [5, 5.41) is 15.2. The standard InChI is InChI=1S/C23H30N6O/c1-17-7-5-6-8-20(17)15-25-23(26-16-22-28-27-18(2)29(22)3)24-14-13-19-9-11-21(30-4)12-10-19/h5-12H,13-16H2,1-4H3,(H2,24,25,26). The third-order valence-electron chi connectivity index (χ3n) is 5.13. The van der Waals surface area contributed by atoms with E-state index in [0.29, 0.717) is 13.1 Å². The molecule has 0 aliphatic heterocycles. The summed E-state index contributed by atoms with van der Waals surface area (Å²) < 4.78 is 7.20. The lowest BCUT2D eigenvalue weighted by molar-refractivity contribution is 0.414. The highest BCUT2D eigenvalue weighted by Crippen LogP contribution is 2.11. The maximum Gasteiger partial charge on any atom is 0.191 e. The molecule has 0 atom stereocenters. The Labute approximate surface area is 178 Å². The van der Waals surface area contributed by atoms with Gasteiger partial charge in [-0.05, 0) is 49.1 Å². The Balaban J connectivity index is 1.63. The number of aryl methyl sites for hydroxylation is 2. The molecule has 30 heavy (non-hydrogen) atoms. The second kappa shape index (κ2) is 10.4. The van der Waals surface area contributed by atoms with Crippen LogP contribution in [0.25, 0.3) is 0 Å². The highest BCUT2D eigenvalue weighted by molar-refractivity contribution is 5.79. The number of guanidine groups is 1. The van der Waals surface area contributed by atoms with Crippen molar-refractivity contribution in [2.24, 2.45) is 12.0 Å². The molecule has 7 nitrogen and oxygen atoms in total. The van der Waals surface area contributed by atoms with E-state index < -0.39 is 0 Å². The van der Waals surface area contributed by atoms with E-state index >= 15 is 0 Å². The molecule has 0 spiro atoms. The van der Waals surface area contributed by atoms with Crippen LogP contribution in [-0.2, 0) is 26.6 Å². The predicted octanol–water partition coefficient (Wildman–Crippen LogP) is 2.92. The van der Waals surface area contributed by atoms with Gasteiger partial charge in [-0.2, -0.15) is 0 Å². The Kier molecular flexibility index (Phi) is 7.43. The zero-order chi connectivity index (χ0) is 21.3. The quantitative estimate of drug-likeness (QED) is 0.444. The Morgan fingerprint density at radius 3 is 2.47 bits per heavy atom. The number of aliphatic imine (C=N–C) groups is 1. The van der Waals surface area contributed by atoms with Crippen LogP contribution in [0.2, 0.25) is 0 Å². The fourth-order valence-electron chi connectivity index (χ4n) is 3.01. The minimum atomic E-state index is 0.555. The minimum Gasteiger partial charge on any atom is -0.497 e. The lowest BCUT2D eigenvalue weighted by Gasteiger charge is -2.13. The molecular formula is C23H30N6O. The van der Waals surface area contributed by atoms with Crippen LogP contribution >= 0.6 is 0 Å². The number of methoxy groups -OCH3 is 1. The summed E-state index contributed by atoms with van der Waals surface area (Å²) in [7, 11) is 3.64. The summed E-state index contributed by atoms with van der Waals surface area (Å²) in [6, 6.07) is 16.4. The van der Waals surface area contributed by atoms with Gasteiger partial charge in [-0.3, -0.25) is 0 Å². The maximum atomic E-state index is 5.22. The third kappa shape index (κ3) is 5.83. The Morgan fingerprint density at radius 2 is 1.80 bits per heavy atom. The van der Waals surface area contributed by atoms with Crippen LogP contribution in [0, 0.1) is 13.8 Å². The summed E-state index contributed by atoms with van der Waals surface area (Å²) in [5.41, 5.74) is 3.69. The molecule has 2 aromatic carbocycles. The van der Waals surface area contributed by atoms with E-state index in [0.717, 1.165) is 36.3 Å². The molecule has 0 saturated carbocycles. The van der Waals surface area contributed by atoms with Gasteiger partial charge in [0.15, 0.2) is 11.8 Å². The summed E-state index contributed by atoms with van der Waals surface area (Å²) in [5.74, 6) is 3.38. The van der Waals surface area contributed by atoms with Gasteiger partial charge in [0, 0.05) is 13.6 Å². The van der Waals surface area contributed by atoms with E-state index in [2.05, 4.69) is 52.0 Å². The molecule has 3 rings (SSSR count). The van der Waals surface area contributed by atoms with E-state index in [1.807, 2.05) is 42.8 Å². The number of hydrogen-bond donors (Lipinski definition) is 2. The molecular weight excluding hydrogens is 376 g/mol. The van der Waals surface area contributed by atoms with Gasteiger partial charge in [0.05, 0.1) is 20.2 Å². The predicted molar refractivity (Wildman–Crippen MR) is 120 cm³/mol. The molecule has 1 aromatic heterocycles. The smallest absolute Gasteiger partial charge is 0.191 e. The van der Waals surface area contributed by atoms with Crippen molar-refractivity contribution in [1.82, 2.24) is 25.4 Å². The molecule has 0 bridgehead atoms. The molecule has 0 aliphatic carbocycles. The van der Waals surface area contributed by atoms with Crippen LogP contribution in [0.4, 0.5) is 0 Å². The number of nitrogens with one attached hydrogen (secondary N) is 2. The number of ether oxygens (including phenoxy) is 1. The van der Waals surface area contributed by atoms with Crippen LogP contribution in [0.15, 0.2) is 53.5 Å². The SMILES string of the molecule is COc1ccc(CCNC(=NCc2ccccc2C)NCc2nnc(C)n2C)cc1. The molecule has 0 unspecified atom stereocenters. The lowest BCUT2D eigenvalue weighted by Crippen LogP contribution is -2.38. The lowest BCUT2D eigenvalue weighted by atomic mass is 10.1. The molecule has 0 amide bonds. The summed E-state index contributed by atoms with van der Waals surface area (Å²) in [6.07, 6.45) is 0.887. The van der Waals surface area contributed by atoms with Gasteiger partial charge < -0.3 is 19.9 Å². The third-order valence-corrected chi connectivity index (χ3v) is 5.13. The zero-order valence-electron chi connectivity index (χ0n) is 18.1. The van der Waals surface area contributed by atoms with E-state index in [4.69, 9.17) is 9.73 Å². The fraction of sp³-hybridized carbons (Fsp3) is 0.348. The minimum absolute atomic E-state index is 0.555. The Hall–Kier alpha value is -3.35. The van der Waals surface area contributed by atoms with Crippen molar-refractivity contribution in [2.45, 2.75) is 33.4 Å². The van der Waals surface area contributed by atoms with Crippen molar-refractivity contribution in [3.63, 3.8) is 0 Å². The van der Waals surface area contributed by atoms with Gasteiger partial charge >= 0.3 is 0 Å². The largest absolute Gasteiger partial charge is 0.497 e. The first kappa shape index (κ1) is 21.4. The molecule has 1 heterocycles. The van der Waals surface area contributed by atoms with Crippen molar-refractivity contribution in [3.05, 3.63) is 76.9 Å². The van der Waals surface area contributed by atoms with Crippen LogP contribution in [0.3, 0.4) is 0 Å². The topological polar surface area (TPSA) is 76.4 Å². The molecule has 7 heteroatoms. The van der Waals surface area contributed by atoms with Gasteiger partial charge in [0.1, 0.15) is 11.6 Å². The summed E-state index contributed by atoms with van der Waals surface area (Å²) in [4.78, 5) is 4.78. The van der Waals surface area contributed by atoms with Gasteiger partial charge in [-0.1, -0.05) is 36.4 Å². The average Bonchev–Trinajstić information content (AvgIpc) is 3.09. The van der Waals surface area contributed by atoms with Crippen molar-refractivity contribution in [2.75, 3.05) is 13.7 Å². The van der Waals surface area contributed by atoms with Gasteiger partial charge in [0.25, 0.3) is 0 Å². The summed E-state index contributed by atoms with van der Waals surface area (Å²) in [6.45, 7) is 5.99. The monoisotopic (exact) mass is 406 g/mol. The van der Waals surface area contributed by atoms with Crippen molar-refractivity contribution in [3.8, 4) is 5.75 Å². The second-order valence-electron chi connectivity index (χ2n) is 7.19. The number of aromatic nitrogens is 3. The Bertz CT molecular complexity index is 978. The van der Waals surface area contributed by atoms with Crippen molar-refractivity contribution < 1.29 is 4.74 Å². The van der Waals surface area contributed by atoms with Crippen LogP contribution < -0.4 is 15.4 Å². The Morgan fingerprint density at radius 1 is 1.03 bits per heavy atom. The molecule has 158 valence electrons. The molecule has 3 aromatic rings. The van der Waals surface area contributed by atoms with E-state index in [1.54, 1.807) is 7.11 Å². The van der Waals surface area contributed by atoms with Crippen LogP contribution in [0.1, 0.15) is 28.3 Å². The zero-order valence-corrected chi connectivity index (χ0v) is 18.1.